The molecule has 2 atom stereocenters. The zero-order valence-corrected chi connectivity index (χ0v) is 10.5. The molecule has 0 unspecified atom stereocenters. The smallest absolute Gasteiger partial charge is 0.308 e. The predicted octanol–water partition coefficient (Wildman–Crippen LogP) is 1.20. The Morgan fingerprint density at radius 3 is 2.68 bits per heavy atom. The van der Waals surface area contributed by atoms with Gasteiger partial charge in [-0.25, -0.2) is 4.39 Å². The number of nitrogens with two attached hydrogens (primary N) is 1. The molecule has 1 amide bonds. The molecule has 19 heavy (non-hydrogen) atoms. The topological polar surface area (TPSA) is 83.6 Å². The Balaban J connectivity index is 2.22. The first-order valence-corrected chi connectivity index (χ1v) is 5.98. The number of rotatable bonds is 2. The summed E-state index contributed by atoms with van der Waals surface area (Å²) in [6.07, 6.45) is 0. The molecule has 1 fully saturated rings. The average Bonchev–Trinajstić information content (AvgIpc) is 2.74. The van der Waals surface area contributed by atoms with Crippen LogP contribution in [-0.4, -0.2) is 35.0 Å². The number of carboxylic acid groups (broad SMARTS) is 1. The molecule has 3 N–H and O–H groups in total. The maximum atomic E-state index is 13.3. The van der Waals surface area contributed by atoms with Gasteiger partial charge in [0.2, 0.25) is 0 Å². The Hall–Kier alpha value is -2.11. The van der Waals surface area contributed by atoms with Gasteiger partial charge in [0.15, 0.2) is 0 Å². The van der Waals surface area contributed by atoms with Gasteiger partial charge >= 0.3 is 5.97 Å². The number of amides is 1. The number of nitrogen functional groups attached to an aromatic ring is 1. The second kappa shape index (κ2) is 4.87. The van der Waals surface area contributed by atoms with Gasteiger partial charge in [-0.2, -0.15) is 0 Å². The Morgan fingerprint density at radius 2 is 2.11 bits per heavy atom. The Labute approximate surface area is 109 Å². The van der Waals surface area contributed by atoms with Crippen LogP contribution in [-0.2, 0) is 4.79 Å². The second-order valence-electron chi connectivity index (χ2n) is 4.83. The van der Waals surface area contributed by atoms with Gasteiger partial charge in [0, 0.05) is 13.1 Å². The van der Waals surface area contributed by atoms with Crippen LogP contribution >= 0.6 is 0 Å². The van der Waals surface area contributed by atoms with E-state index in [9.17, 15) is 14.0 Å². The molecule has 1 aliphatic heterocycles. The van der Waals surface area contributed by atoms with Crippen molar-refractivity contribution in [1.29, 1.82) is 0 Å². The fourth-order valence-corrected chi connectivity index (χ4v) is 2.35. The standard InChI is InChI=1S/C13H15FN2O3/c1-7-5-16(6-9(7)13(18)19)12(17)8-3-2-4-10(14)11(8)15/h2-4,7,9H,5-6,15H2,1H3,(H,18,19)/t7-,9-/m1/s1. The van der Waals surface area contributed by atoms with Gasteiger partial charge in [-0.3, -0.25) is 9.59 Å². The summed E-state index contributed by atoms with van der Waals surface area (Å²) >= 11 is 0. The molecule has 0 aromatic heterocycles. The third kappa shape index (κ3) is 2.38. The second-order valence-corrected chi connectivity index (χ2v) is 4.83. The molecule has 0 aliphatic carbocycles. The number of hydrogen-bond donors (Lipinski definition) is 2. The number of benzene rings is 1. The first kappa shape index (κ1) is 13.3. The predicted molar refractivity (Wildman–Crippen MR) is 67.0 cm³/mol. The molecule has 1 heterocycles. The van der Waals surface area contributed by atoms with Gasteiger partial charge in [0.1, 0.15) is 5.82 Å². The number of likely N-dealkylation sites (tertiary alicyclic amines) is 1. The molecule has 102 valence electrons. The third-order valence-corrected chi connectivity index (χ3v) is 3.50. The molecular formula is C13H15FN2O3. The quantitative estimate of drug-likeness (QED) is 0.788. The summed E-state index contributed by atoms with van der Waals surface area (Å²) in [5.41, 5.74) is 5.43. The van der Waals surface area contributed by atoms with Gasteiger partial charge in [-0.05, 0) is 18.1 Å². The van der Waals surface area contributed by atoms with E-state index in [2.05, 4.69) is 0 Å². The summed E-state index contributed by atoms with van der Waals surface area (Å²) in [5.74, 6) is -2.70. The highest BCUT2D eigenvalue weighted by Crippen LogP contribution is 2.26. The molecule has 2 rings (SSSR count). The molecule has 0 saturated carbocycles. The number of carboxylic acids is 1. The van der Waals surface area contributed by atoms with Crippen molar-refractivity contribution >= 4 is 17.6 Å². The third-order valence-electron chi connectivity index (χ3n) is 3.50. The van der Waals surface area contributed by atoms with Crippen molar-refractivity contribution in [2.45, 2.75) is 6.92 Å². The van der Waals surface area contributed by atoms with Gasteiger partial charge < -0.3 is 15.7 Å². The van der Waals surface area contributed by atoms with E-state index in [0.717, 1.165) is 0 Å². The van der Waals surface area contributed by atoms with E-state index in [1.54, 1.807) is 6.92 Å². The lowest BCUT2D eigenvalue weighted by atomic mass is 9.99. The van der Waals surface area contributed by atoms with E-state index in [1.807, 2.05) is 0 Å². The van der Waals surface area contributed by atoms with Crippen LogP contribution in [0, 0.1) is 17.7 Å². The first-order chi connectivity index (χ1) is 8.91. The van der Waals surface area contributed by atoms with Crippen LogP contribution in [0.25, 0.3) is 0 Å². The van der Waals surface area contributed by atoms with Crippen molar-refractivity contribution in [3.63, 3.8) is 0 Å². The summed E-state index contributed by atoms with van der Waals surface area (Å²) in [6, 6.07) is 4.03. The van der Waals surface area contributed by atoms with E-state index in [0.29, 0.717) is 6.54 Å². The minimum absolute atomic E-state index is 0.0817. The highest BCUT2D eigenvalue weighted by atomic mass is 19.1. The van der Waals surface area contributed by atoms with Crippen LogP contribution in [0.5, 0.6) is 0 Å². The maximum Gasteiger partial charge on any atom is 0.308 e. The van der Waals surface area contributed by atoms with Crippen molar-refractivity contribution in [3.8, 4) is 0 Å². The molecule has 6 heteroatoms. The molecule has 0 bridgehead atoms. The van der Waals surface area contributed by atoms with Crippen molar-refractivity contribution in [1.82, 2.24) is 4.90 Å². The van der Waals surface area contributed by atoms with Crippen LogP contribution < -0.4 is 5.73 Å². The molecule has 0 spiro atoms. The zero-order valence-electron chi connectivity index (χ0n) is 10.5. The summed E-state index contributed by atoms with van der Waals surface area (Å²) < 4.78 is 13.3. The molecular weight excluding hydrogens is 251 g/mol. The molecule has 1 aliphatic rings. The molecule has 5 nitrogen and oxygen atoms in total. The minimum atomic E-state index is -0.921. The highest BCUT2D eigenvalue weighted by Gasteiger charge is 2.37. The summed E-state index contributed by atoms with van der Waals surface area (Å²) in [4.78, 5) is 24.6. The van der Waals surface area contributed by atoms with Crippen LogP contribution in [0.4, 0.5) is 10.1 Å². The molecule has 1 aromatic carbocycles. The number of carbonyl (C=O) groups excluding carboxylic acids is 1. The van der Waals surface area contributed by atoms with E-state index in [1.165, 1.54) is 23.1 Å². The summed E-state index contributed by atoms with van der Waals surface area (Å²) in [6.45, 7) is 2.25. The largest absolute Gasteiger partial charge is 0.481 e. The average molecular weight is 266 g/mol. The van der Waals surface area contributed by atoms with E-state index < -0.39 is 23.6 Å². The zero-order chi connectivity index (χ0) is 14.2. The van der Waals surface area contributed by atoms with Crippen molar-refractivity contribution in [2.24, 2.45) is 11.8 Å². The summed E-state index contributed by atoms with van der Waals surface area (Å²) in [7, 11) is 0. The number of hydrogen-bond acceptors (Lipinski definition) is 3. The Bertz CT molecular complexity index is 533. The number of nitrogens with zero attached hydrogens (tertiary/aromatic N) is 1. The SMILES string of the molecule is C[C@@H]1CN(C(=O)c2cccc(F)c2N)C[C@H]1C(=O)O. The first-order valence-electron chi connectivity index (χ1n) is 5.98. The number of anilines is 1. The van der Waals surface area contributed by atoms with Gasteiger partial charge in [-0.15, -0.1) is 0 Å². The van der Waals surface area contributed by atoms with Gasteiger partial charge in [0.05, 0.1) is 17.2 Å². The van der Waals surface area contributed by atoms with E-state index in [4.69, 9.17) is 10.8 Å². The van der Waals surface area contributed by atoms with Gasteiger partial charge in [-0.1, -0.05) is 13.0 Å². The lowest BCUT2D eigenvalue weighted by Crippen LogP contribution is -2.30. The minimum Gasteiger partial charge on any atom is -0.481 e. The van der Waals surface area contributed by atoms with E-state index >= 15 is 0 Å². The Kier molecular flexibility index (Phi) is 3.42. The number of halogens is 1. The molecule has 1 saturated heterocycles. The molecule has 0 radical (unpaired) electrons. The van der Waals surface area contributed by atoms with Crippen molar-refractivity contribution < 1.29 is 19.1 Å². The van der Waals surface area contributed by atoms with Crippen LogP contribution in [0.2, 0.25) is 0 Å². The lowest BCUT2D eigenvalue weighted by Gasteiger charge is -2.17. The number of aliphatic carboxylic acids is 1. The number of carbonyl (C=O) groups is 2. The van der Waals surface area contributed by atoms with Crippen molar-refractivity contribution in [2.75, 3.05) is 18.8 Å². The fourth-order valence-electron chi connectivity index (χ4n) is 2.35. The van der Waals surface area contributed by atoms with Gasteiger partial charge in [0.25, 0.3) is 5.91 Å². The van der Waals surface area contributed by atoms with Crippen LogP contribution in [0.3, 0.4) is 0 Å². The molecule has 1 aromatic rings. The fraction of sp³-hybridized carbons (Fsp3) is 0.385. The monoisotopic (exact) mass is 266 g/mol. The Morgan fingerprint density at radius 1 is 1.42 bits per heavy atom. The summed E-state index contributed by atoms with van der Waals surface area (Å²) in [5, 5.41) is 9.03. The van der Waals surface area contributed by atoms with Crippen LogP contribution in [0.1, 0.15) is 17.3 Å². The maximum absolute atomic E-state index is 13.3. The highest BCUT2D eigenvalue weighted by molar-refractivity contribution is 5.99. The van der Waals surface area contributed by atoms with Crippen molar-refractivity contribution in [3.05, 3.63) is 29.6 Å². The number of para-hydroxylation sites is 1. The van der Waals surface area contributed by atoms with Crippen LogP contribution in [0.15, 0.2) is 18.2 Å². The lowest BCUT2D eigenvalue weighted by molar-refractivity contribution is -0.142. The normalized spacial score (nSPS) is 22.5. The van der Waals surface area contributed by atoms with E-state index in [-0.39, 0.29) is 23.7 Å².